The van der Waals surface area contributed by atoms with Crippen molar-refractivity contribution in [1.29, 1.82) is 0 Å². The van der Waals surface area contributed by atoms with Crippen LogP contribution in [0.25, 0.3) is 0 Å². The highest BCUT2D eigenvalue weighted by Gasteiger charge is 2.29. The summed E-state index contributed by atoms with van der Waals surface area (Å²) < 4.78 is 61.0. The van der Waals surface area contributed by atoms with Gasteiger partial charge in [-0.3, -0.25) is 32.5 Å². The molecule has 0 aliphatic carbocycles. The Kier molecular flexibility index (Phi) is 72.2. The largest absolute Gasteiger partial charge is 0.472 e. The van der Waals surface area contributed by atoms with Crippen molar-refractivity contribution < 1.29 is 75.8 Å². The van der Waals surface area contributed by atoms with Crippen LogP contribution in [-0.2, 0) is 55.8 Å². The summed E-state index contributed by atoms with van der Waals surface area (Å²) in [6, 6.07) is 0. The average Bonchev–Trinajstić information content (AvgIpc) is 1.74. The van der Waals surface area contributed by atoms with Gasteiger partial charge in [0.2, 0.25) is 0 Å². The highest BCUT2D eigenvalue weighted by molar-refractivity contribution is 7.47. The molecule has 5 atom stereocenters. The van der Waals surface area contributed by atoms with Gasteiger partial charge in [0.25, 0.3) is 0 Å². The number of carbonyl (C=O) groups excluding carboxylic acids is 3. The molecule has 0 aliphatic heterocycles. The van der Waals surface area contributed by atoms with Gasteiger partial charge < -0.3 is 34.2 Å². The Bertz CT molecular complexity index is 2370. The van der Waals surface area contributed by atoms with E-state index in [9.17, 15) is 43.5 Å². The zero-order valence-electron chi connectivity index (χ0n) is 63.3. The zero-order valence-corrected chi connectivity index (χ0v) is 65.1. The van der Waals surface area contributed by atoms with Gasteiger partial charge in [0.1, 0.15) is 25.4 Å². The second kappa shape index (κ2) is 75.4. The molecule has 16 nitrogen and oxygen atoms in total. The molecule has 0 aromatic rings. The SMILES string of the molecule is CC/C=C\C/C=C\C/C=C\C/C=C\C/C=C\C/C=C\CCCCCCCCCCCCCCCCCCC(=O)OCC(O)COP(=O)(O)OCC(O)COP(=O)(O)OCC(COC(=O)CCCCCCC/C=C\C/C=C\C/C=C\CC)OC(=O)CCCCCCC/C=C\C/C=C\CCCCC. The van der Waals surface area contributed by atoms with E-state index in [2.05, 4.69) is 154 Å². The molecule has 0 aromatic heterocycles. The number of hydrogen-bond donors (Lipinski definition) is 4. The van der Waals surface area contributed by atoms with Gasteiger partial charge in [-0.2, -0.15) is 0 Å². The Morgan fingerprint density at radius 2 is 0.525 bits per heavy atom. The molecule has 0 radical (unpaired) electrons. The van der Waals surface area contributed by atoms with E-state index in [1.165, 1.54) is 103 Å². The highest BCUT2D eigenvalue weighted by atomic mass is 31.2. The summed E-state index contributed by atoms with van der Waals surface area (Å²) in [5, 5.41) is 20.6. The summed E-state index contributed by atoms with van der Waals surface area (Å²) in [6.45, 7) is 2.40. The Hall–Kier alpha value is -4.31. The molecule has 0 amide bonds. The molecule has 4 N–H and O–H groups in total. The molecule has 0 fully saturated rings. The highest BCUT2D eigenvalue weighted by Crippen LogP contribution is 2.45. The summed E-state index contributed by atoms with van der Waals surface area (Å²) in [6.07, 6.45) is 90.9. The van der Waals surface area contributed by atoms with Crippen LogP contribution in [0.5, 0.6) is 0 Å². The van der Waals surface area contributed by atoms with Crippen LogP contribution in [0.1, 0.15) is 316 Å². The van der Waals surface area contributed by atoms with Crippen LogP contribution in [0, 0.1) is 0 Å². The summed E-state index contributed by atoms with van der Waals surface area (Å²) in [5.74, 6) is -1.61. The van der Waals surface area contributed by atoms with Crippen LogP contribution in [0.4, 0.5) is 0 Å². The van der Waals surface area contributed by atoms with E-state index >= 15 is 0 Å². The predicted molar refractivity (Wildman–Crippen MR) is 417 cm³/mol. The fraction of sp³-hybridized carbons (Fsp3) is 0.699. The summed E-state index contributed by atoms with van der Waals surface area (Å²) in [5.41, 5.74) is 0. The zero-order chi connectivity index (χ0) is 73.7. The Balaban J connectivity index is 4.38. The van der Waals surface area contributed by atoms with E-state index in [-0.39, 0.29) is 19.3 Å². The fourth-order valence-corrected chi connectivity index (χ4v) is 12.0. The van der Waals surface area contributed by atoms with E-state index in [0.29, 0.717) is 19.3 Å². The van der Waals surface area contributed by atoms with Crippen LogP contribution >= 0.6 is 15.6 Å². The van der Waals surface area contributed by atoms with Crippen molar-refractivity contribution in [2.24, 2.45) is 0 Å². The lowest BCUT2D eigenvalue weighted by Crippen LogP contribution is -2.30. The van der Waals surface area contributed by atoms with Crippen LogP contribution in [0.2, 0.25) is 0 Å². The minimum Gasteiger partial charge on any atom is -0.463 e. The predicted octanol–water partition coefficient (Wildman–Crippen LogP) is 23.1. The average molecular weight is 1460 g/mol. The second-order valence-electron chi connectivity index (χ2n) is 26.1. The van der Waals surface area contributed by atoms with Crippen LogP contribution in [-0.4, -0.2) is 95.9 Å². The third kappa shape index (κ3) is 76.6. The van der Waals surface area contributed by atoms with E-state index in [1.807, 2.05) is 0 Å². The lowest BCUT2D eigenvalue weighted by Gasteiger charge is -2.21. The Morgan fingerprint density at radius 3 is 0.832 bits per heavy atom. The van der Waals surface area contributed by atoms with E-state index < -0.39 is 91.5 Å². The summed E-state index contributed by atoms with van der Waals surface area (Å²) >= 11 is 0. The number of rotatable bonds is 74. The number of hydrogen-bond acceptors (Lipinski definition) is 14. The second-order valence-corrected chi connectivity index (χ2v) is 29.0. The number of aliphatic hydroxyl groups is 2. The van der Waals surface area contributed by atoms with Crippen LogP contribution < -0.4 is 0 Å². The van der Waals surface area contributed by atoms with Gasteiger partial charge in [-0.1, -0.05) is 296 Å². The quantitative estimate of drug-likeness (QED) is 0.0146. The lowest BCUT2D eigenvalue weighted by atomic mass is 10.0. The monoisotopic (exact) mass is 1460 g/mol. The maximum atomic E-state index is 12.9. The lowest BCUT2D eigenvalue weighted by molar-refractivity contribution is -0.161. The van der Waals surface area contributed by atoms with Gasteiger partial charge in [0.05, 0.1) is 26.4 Å². The molecular formula is C83H142O16P2. The maximum absolute atomic E-state index is 12.9. The van der Waals surface area contributed by atoms with Crippen LogP contribution in [0.3, 0.4) is 0 Å². The molecule has 0 rings (SSSR count). The first-order chi connectivity index (χ1) is 49.2. The molecule has 5 unspecified atom stereocenters. The van der Waals surface area contributed by atoms with Gasteiger partial charge in [0.15, 0.2) is 6.10 Å². The summed E-state index contributed by atoms with van der Waals surface area (Å²) in [4.78, 5) is 58.5. The molecule has 0 aromatic carbocycles. The standard InChI is InChI=1S/C83H142O16P2/c1-4-7-10-13-16-19-22-25-28-29-30-31-32-33-34-35-36-37-38-39-40-41-42-43-44-45-46-47-50-52-54-57-60-63-66-69-81(86)93-72-78(84)73-95-100(89,90)96-74-79(85)75-97-101(91,92)98-77-80(99-83(88)71-68-65-62-59-56-53-49-27-24-21-18-15-12-9-6-3)76-94-82(87)70-67-64-61-58-55-51-48-26-23-20-17-14-11-8-5-2/h7-8,10-11,16-21,25-28,30-31,33-34,36-37,48-49,78-80,84-85H,4-6,9,12-15,22-24,29,32,35,38-47,50-77H2,1-3H3,(H,89,90)(H,91,92)/b10-7-,11-8-,19-16-,20-17-,21-18-,28-25-,31-30-,34-33-,37-36-,48-26-,49-27-. The minimum absolute atomic E-state index is 0.0832. The first-order valence-electron chi connectivity index (χ1n) is 39.5. The van der Waals surface area contributed by atoms with Gasteiger partial charge in [-0.15, -0.1) is 0 Å². The third-order valence-corrected chi connectivity index (χ3v) is 18.2. The molecule has 0 saturated heterocycles. The van der Waals surface area contributed by atoms with Crippen molar-refractivity contribution in [3.05, 3.63) is 134 Å². The molecule has 0 bridgehead atoms. The third-order valence-electron chi connectivity index (χ3n) is 16.3. The van der Waals surface area contributed by atoms with Crippen molar-refractivity contribution in [2.75, 3.05) is 39.6 Å². The number of aliphatic hydroxyl groups excluding tert-OH is 2. The van der Waals surface area contributed by atoms with Gasteiger partial charge >= 0.3 is 33.6 Å². The molecule has 0 saturated carbocycles. The fourth-order valence-electron chi connectivity index (χ4n) is 10.4. The van der Waals surface area contributed by atoms with Crippen molar-refractivity contribution in [1.82, 2.24) is 0 Å². The molecule has 18 heteroatoms. The number of phosphoric acid groups is 2. The topological polar surface area (TPSA) is 231 Å². The molecule has 0 heterocycles. The van der Waals surface area contributed by atoms with Crippen molar-refractivity contribution in [3.8, 4) is 0 Å². The molecule has 101 heavy (non-hydrogen) atoms. The van der Waals surface area contributed by atoms with Crippen molar-refractivity contribution in [2.45, 2.75) is 334 Å². The molecule has 580 valence electrons. The molecule has 0 aliphatic rings. The van der Waals surface area contributed by atoms with E-state index in [0.717, 1.165) is 154 Å². The number of carbonyl (C=O) groups is 3. The van der Waals surface area contributed by atoms with Crippen molar-refractivity contribution >= 4 is 33.6 Å². The van der Waals surface area contributed by atoms with Gasteiger partial charge in [-0.25, -0.2) is 9.13 Å². The number of unbranched alkanes of at least 4 members (excludes halogenated alkanes) is 29. The Morgan fingerprint density at radius 1 is 0.287 bits per heavy atom. The first kappa shape index (κ1) is 96.7. The normalized spacial score (nSPS) is 14.7. The van der Waals surface area contributed by atoms with Gasteiger partial charge in [-0.05, 0) is 135 Å². The van der Waals surface area contributed by atoms with Gasteiger partial charge in [0, 0.05) is 19.3 Å². The van der Waals surface area contributed by atoms with E-state index in [1.54, 1.807) is 0 Å². The molecular weight excluding hydrogens is 1310 g/mol. The number of esters is 3. The minimum atomic E-state index is -4.93. The number of ether oxygens (including phenoxy) is 3. The van der Waals surface area contributed by atoms with E-state index in [4.69, 9.17) is 32.3 Å². The van der Waals surface area contributed by atoms with Crippen molar-refractivity contribution in [3.63, 3.8) is 0 Å². The number of phosphoric ester groups is 2. The maximum Gasteiger partial charge on any atom is 0.472 e. The molecule has 0 spiro atoms. The number of allylic oxidation sites excluding steroid dienone is 22. The van der Waals surface area contributed by atoms with Crippen LogP contribution in [0.15, 0.2) is 134 Å². The summed E-state index contributed by atoms with van der Waals surface area (Å²) in [7, 11) is -9.79. The smallest absolute Gasteiger partial charge is 0.463 e. The first-order valence-corrected chi connectivity index (χ1v) is 42.5. The Labute approximate surface area is 614 Å².